The molecule has 1 aromatic heterocycles. The quantitative estimate of drug-likeness (QED) is 0.376. The van der Waals surface area contributed by atoms with Gasteiger partial charge in [-0.1, -0.05) is 11.6 Å². The summed E-state index contributed by atoms with van der Waals surface area (Å²) in [5, 5.41) is 13.2. The van der Waals surface area contributed by atoms with Gasteiger partial charge in [0.05, 0.1) is 10.5 Å². The second-order valence-electron chi connectivity index (χ2n) is 4.83. The molecule has 1 heterocycles. The maximum absolute atomic E-state index is 13.3. The number of halogens is 2. The number of aromatic nitrogens is 1. The number of nitro groups is 1. The van der Waals surface area contributed by atoms with E-state index in [-0.39, 0.29) is 16.4 Å². The molecule has 0 aliphatic rings. The molecule has 0 fully saturated rings. The van der Waals surface area contributed by atoms with E-state index in [2.05, 4.69) is 10.3 Å². The van der Waals surface area contributed by atoms with Crippen LogP contribution in [0, 0.1) is 15.9 Å². The molecule has 1 amide bonds. The van der Waals surface area contributed by atoms with Crippen LogP contribution in [0.4, 0.5) is 15.8 Å². The standard InChI is InChI=1S/C15H11ClFN3O5/c1-8(25-15(22)9-2-5-13(16)18-7-9)14(21)19-10-3-4-11(17)12(6-10)20(23)24/h2-8H,1H3,(H,19,21)/t8-/m0/s1. The average Bonchev–Trinajstić information content (AvgIpc) is 2.56. The minimum absolute atomic E-state index is 0.00541. The summed E-state index contributed by atoms with van der Waals surface area (Å²) in [5.41, 5.74) is -0.690. The molecule has 0 aliphatic heterocycles. The number of carbonyl (C=O) groups excluding carboxylic acids is 2. The van der Waals surface area contributed by atoms with Crippen molar-refractivity contribution in [2.75, 3.05) is 5.32 Å². The number of esters is 1. The van der Waals surface area contributed by atoms with Crippen LogP contribution in [0.25, 0.3) is 0 Å². The van der Waals surface area contributed by atoms with Gasteiger partial charge in [-0.05, 0) is 31.2 Å². The van der Waals surface area contributed by atoms with E-state index in [1.54, 1.807) is 0 Å². The molecule has 2 aromatic rings. The number of ether oxygens (including phenoxy) is 1. The Morgan fingerprint density at radius 1 is 1.36 bits per heavy atom. The molecule has 0 aliphatic carbocycles. The van der Waals surface area contributed by atoms with E-state index in [1.807, 2.05) is 0 Å². The van der Waals surface area contributed by atoms with E-state index in [0.717, 1.165) is 18.2 Å². The monoisotopic (exact) mass is 367 g/mol. The molecule has 10 heteroatoms. The zero-order valence-electron chi connectivity index (χ0n) is 12.7. The summed E-state index contributed by atoms with van der Waals surface area (Å²) in [5.74, 6) is -2.56. The van der Waals surface area contributed by atoms with Gasteiger partial charge in [0.25, 0.3) is 5.91 Å². The van der Waals surface area contributed by atoms with Crippen LogP contribution < -0.4 is 5.32 Å². The third-order valence-corrected chi connectivity index (χ3v) is 3.25. The van der Waals surface area contributed by atoms with Crippen molar-refractivity contribution in [1.82, 2.24) is 4.98 Å². The summed E-state index contributed by atoms with van der Waals surface area (Å²) in [7, 11) is 0. The van der Waals surface area contributed by atoms with Crippen molar-refractivity contribution in [2.45, 2.75) is 13.0 Å². The van der Waals surface area contributed by atoms with Gasteiger partial charge in [-0.15, -0.1) is 0 Å². The Hall–Kier alpha value is -3.07. The van der Waals surface area contributed by atoms with Crippen molar-refractivity contribution in [1.29, 1.82) is 0 Å². The molecule has 1 atom stereocenters. The van der Waals surface area contributed by atoms with E-state index in [1.165, 1.54) is 25.3 Å². The third-order valence-electron chi connectivity index (χ3n) is 3.03. The van der Waals surface area contributed by atoms with Crippen LogP contribution in [0.3, 0.4) is 0 Å². The predicted octanol–water partition coefficient (Wildman–Crippen LogP) is 2.97. The normalized spacial score (nSPS) is 11.5. The summed E-state index contributed by atoms with van der Waals surface area (Å²) in [6.45, 7) is 1.31. The van der Waals surface area contributed by atoms with Crippen molar-refractivity contribution < 1.29 is 23.6 Å². The number of nitro benzene ring substituents is 1. The molecule has 1 aromatic carbocycles. The van der Waals surface area contributed by atoms with Crippen molar-refractivity contribution in [3.05, 3.63) is 63.2 Å². The summed E-state index contributed by atoms with van der Waals surface area (Å²) in [6, 6.07) is 5.64. The average molecular weight is 368 g/mol. The number of benzene rings is 1. The minimum atomic E-state index is -1.20. The molecule has 130 valence electrons. The predicted molar refractivity (Wildman–Crippen MR) is 85.8 cm³/mol. The Kier molecular flexibility index (Phi) is 5.60. The van der Waals surface area contributed by atoms with Crippen LogP contribution in [-0.4, -0.2) is 27.9 Å². The Balaban J connectivity index is 2.03. The SMILES string of the molecule is C[C@H](OC(=O)c1ccc(Cl)nc1)C(=O)Nc1ccc(F)c([N+](=O)[O-])c1. The van der Waals surface area contributed by atoms with E-state index in [9.17, 15) is 24.1 Å². The molecule has 0 unspecified atom stereocenters. The Labute approximate surface area is 145 Å². The van der Waals surface area contributed by atoms with Crippen molar-refractivity contribution >= 4 is 34.9 Å². The fourth-order valence-electron chi connectivity index (χ4n) is 1.75. The lowest BCUT2D eigenvalue weighted by Gasteiger charge is -2.13. The topological polar surface area (TPSA) is 111 Å². The van der Waals surface area contributed by atoms with Gasteiger partial charge in [0, 0.05) is 18.0 Å². The highest BCUT2D eigenvalue weighted by atomic mass is 35.5. The third kappa shape index (κ3) is 4.70. The fourth-order valence-corrected chi connectivity index (χ4v) is 1.86. The molecule has 25 heavy (non-hydrogen) atoms. The van der Waals surface area contributed by atoms with Gasteiger partial charge in [-0.2, -0.15) is 4.39 Å². The number of nitrogens with one attached hydrogen (secondary N) is 1. The number of pyridine rings is 1. The molecule has 0 saturated carbocycles. The second kappa shape index (κ2) is 7.67. The maximum atomic E-state index is 13.3. The Morgan fingerprint density at radius 3 is 2.68 bits per heavy atom. The minimum Gasteiger partial charge on any atom is -0.449 e. The van der Waals surface area contributed by atoms with Crippen LogP contribution >= 0.6 is 11.6 Å². The van der Waals surface area contributed by atoms with Crippen LogP contribution in [0.5, 0.6) is 0 Å². The van der Waals surface area contributed by atoms with Gasteiger partial charge in [-0.25, -0.2) is 9.78 Å². The molecule has 0 spiro atoms. The number of hydrogen-bond donors (Lipinski definition) is 1. The van der Waals surface area contributed by atoms with E-state index < -0.39 is 34.4 Å². The van der Waals surface area contributed by atoms with Crippen LogP contribution in [-0.2, 0) is 9.53 Å². The van der Waals surface area contributed by atoms with Crippen molar-refractivity contribution in [3.8, 4) is 0 Å². The molecule has 0 radical (unpaired) electrons. The first-order chi connectivity index (χ1) is 11.8. The van der Waals surface area contributed by atoms with Crippen LogP contribution in [0.15, 0.2) is 36.5 Å². The lowest BCUT2D eigenvalue weighted by Crippen LogP contribution is -2.30. The van der Waals surface area contributed by atoms with Gasteiger partial charge in [-0.3, -0.25) is 14.9 Å². The molecular formula is C15H11ClFN3O5. The lowest BCUT2D eigenvalue weighted by molar-refractivity contribution is -0.387. The maximum Gasteiger partial charge on any atom is 0.340 e. The van der Waals surface area contributed by atoms with E-state index >= 15 is 0 Å². The highest BCUT2D eigenvalue weighted by molar-refractivity contribution is 6.29. The van der Waals surface area contributed by atoms with E-state index in [0.29, 0.717) is 0 Å². The van der Waals surface area contributed by atoms with Crippen LogP contribution in [0.1, 0.15) is 17.3 Å². The van der Waals surface area contributed by atoms with Crippen molar-refractivity contribution in [3.63, 3.8) is 0 Å². The van der Waals surface area contributed by atoms with Gasteiger partial charge in [0.15, 0.2) is 6.10 Å². The molecule has 8 nitrogen and oxygen atoms in total. The Morgan fingerprint density at radius 2 is 2.08 bits per heavy atom. The first-order valence-corrected chi connectivity index (χ1v) is 7.23. The lowest BCUT2D eigenvalue weighted by atomic mass is 10.2. The van der Waals surface area contributed by atoms with Crippen molar-refractivity contribution in [2.24, 2.45) is 0 Å². The molecular weight excluding hydrogens is 357 g/mol. The number of amides is 1. The number of nitrogens with zero attached hydrogens (tertiary/aromatic N) is 2. The smallest absolute Gasteiger partial charge is 0.340 e. The Bertz CT molecular complexity index is 828. The molecule has 0 bridgehead atoms. The first kappa shape index (κ1) is 18.3. The molecule has 1 N–H and O–H groups in total. The second-order valence-corrected chi connectivity index (χ2v) is 5.22. The van der Waals surface area contributed by atoms with Gasteiger partial charge in [0.1, 0.15) is 5.15 Å². The number of hydrogen-bond acceptors (Lipinski definition) is 6. The highest BCUT2D eigenvalue weighted by Crippen LogP contribution is 2.21. The summed E-state index contributed by atoms with van der Waals surface area (Å²) in [6.07, 6.45) is -0.00851. The van der Waals surface area contributed by atoms with Crippen LogP contribution in [0.2, 0.25) is 5.15 Å². The highest BCUT2D eigenvalue weighted by Gasteiger charge is 2.21. The zero-order chi connectivity index (χ0) is 18.6. The van der Waals surface area contributed by atoms with E-state index in [4.69, 9.17) is 16.3 Å². The van der Waals surface area contributed by atoms with Gasteiger partial charge >= 0.3 is 11.7 Å². The number of carbonyl (C=O) groups is 2. The molecule has 0 saturated heterocycles. The van der Waals surface area contributed by atoms with Gasteiger partial charge < -0.3 is 10.1 Å². The summed E-state index contributed by atoms with van der Waals surface area (Å²) in [4.78, 5) is 37.4. The largest absolute Gasteiger partial charge is 0.449 e. The molecule has 2 rings (SSSR count). The van der Waals surface area contributed by atoms with Gasteiger partial charge in [0.2, 0.25) is 5.82 Å². The zero-order valence-corrected chi connectivity index (χ0v) is 13.5. The fraction of sp³-hybridized carbons (Fsp3) is 0.133. The summed E-state index contributed by atoms with van der Waals surface area (Å²) < 4.78 is 18.2. The number of anilines is 1. The first-order valence-electron chi connectivity index (χ1n) is 6.85. The number of rotatable bonds is 5. The summed E-state index contributed by atoms with van der Waals surface area (Å²) >= 11 is 5.61.